The van der Waals surface area contributed by atoms with Crippen LogP contribution < -0.4 is 16.0 Å². The number of amides is 1. The number of benzene rings is 1. The van der Waals surface area contributed by atoms with E-state index < -0.39 is 5.54 Å². The van der Waals surface area contributed by atoms with Crippen molar-refractivity contribution in [3.05, 3.63) is 24.3 Å². The molecule has 0 radical (unpaired) electrons. The Bertz CT molecular complexity index is 481. The summed E-state index contributed by atoms with van der Waals surface area (Å²) in [6, 6.07) is 8.01. The van der Waals surface area contributed by atoms with Crippen LogP contribution in [0.4, 0.5) is 11.4 Å². The van der Waals surface area contributed by atoms with Gasteiger partial charge in [-0.3, -0.25) is 4.79 Å². The first-order valence-corrected chi connectivity index (χ1v) is 7.31. The Hall–Kier alpha value is -0.970. The first-order chi connectivity index (χ1) is 9.36. The Morgan fingerprint density at radius 3 is 2.41 bits per heavy atom. The average molecular weight is 348 g/mol. The lowest BCUT2D eigenvalue weighted by molar-refractivity contribution is -0.120. The van der Waals surface area contributed by atoms with Gasteiger partial charge in [-0.05, 0) is 50.8 Å². The predicted molar refractivity (Wildman–Crippen MR) is 98.4 cm³/mol. The zero-order chi connectivity index (χ0) is 14.8. The van der Waals surface area contributed by atoms with Crippen LogP contribution in [-0.2, 0) is 4.79 Å². The van der Waals surface area contributed by atoms with Crippen molar-refractivity contribution in [1.29, 1.82) is 0 Å². The van der Waals surface area contributed by atoms with Crippen molar-refractivity contribution in [3.63, 3.8) is 0 Å². The fourth-order valence-corrected chi connectivity index (χ4v) is 2.34. The highest BCUT2D eigenvalue weighted by Gasteiger charge is 2.22. The number of hydrogen-bond acceptors (Lipinski definition) is 3. The molecule has 0 bridgehead atoms. The van der Waals surface area contributed by atoms with Gasteiger partial charge in [-0.15, -0.1) is 24.8 Å². The zero-order valence-corrected chi connectivity index (χ0v) is 15.1. The molecule has 1 saturated heterocycles. The zero-order valence-electron chi connectivity index (χ0n) is 13.5. The van der Waals surface area contributed by atoms with E-state index in [-0.39, 0.29) is 30.7 Å². The van der Waals surface area contributed by atoms with Crippen LogP contribution in [0.5, 0.6) is 0 Å². The largest absolute Gasteiger partial charge is 0.371 e. The van der Waals surface area contributed by atoms with E-state index in [1.54, 1.807) is 13.8 Å². The second-order valence-electron chi connectivity index (χ2n) is 6.40. The summed E-state index contributed by atoms with van der Waals surface area (Å²) in [6.45, 7) is 7.88. The fourth-order valence-electron chi connectivity index (χ4n) is 2.34. The maximum atomic E-state index is 11.9. The fraction of sp³-hybridized carbons (Fsp3) is 0.562. The van der Waals surface area contributed by atoms with Crippen molar-refractivity contribution in [1.82, 2.24) is 0 Å². The summed E-state index contributed by atoms with van der Waals surface area (Å²) in [7, 11) is 0. The van der Waals surface area contributed by atoms with E-state index in [0.717, 1.165) is 24.7 Å². The Kier molecular flexibility index (Phi) is 8.23. The normalized spacial score (nSPS) is 15.5. The van der Waals surface area contributed by atoms with Gasteiger partial charge in [-0.25, -0.2) is 0 Å². The van der Waals surface area contributed by atoms with Crippen molar-refractivity contribution in [3.8, 4) is 0 Å². The lowest BCUT2D eigenvalue weighted by atomic mass is 9.99. The summed E-state index contributed by atoms with van der Waals surface area (Å²) in [6.07, 6.45) is 2.46. The van der Waals surface area contributed by atoms with Gasteiger partial charge in [0.1, 0.15) is 0 Å². The molecular weight excluding hydrogens is 321 g/mol. The number of carbonyl (C=O) groups excluding carboxylic acids is 1. The molecule has 1 aromatic rings. The van der Waals surface area contributed by atoms with Gasteiger partial charge < -0.3 is 16.0 Å². The van der Waals surface area contributed by atoms with Gasteiger partial charge in [-0.1, -0.05) is 13.0 Å². The number of nitrogens with one attached hydrogen (secondary N) is 1. The van der Waals surface area contributed by atoms with E-state index >= 15 is 0 Å². The highest BCUT2D eigenvalue weighted by Crippen LogP contribution is 2.25. The van der Waals surface area contributed by atoms with Crippen LogP contribution in [-0.4, -0.2) is 24.5 Å². The van der Waals surface area contributed by atoms with Gasteiger partial charge >= 0.3 is 0 Å². The standard InChI is InChI=1S/C16H25N3O.2ClH/c1-12-7-9-19(10-8-12)14-6-4-5-13(11-14)18-15(20)16(2,3)17;;/h4-6,11-12H,7-10,17H2,1-3H3,(H,18,20);2*1H. The molecule has 0 spiro atoms. The molecule has 1 aromatic carbocycles. The minimum Gasteiger partial charge on any atom is -0.371 e. The van der Waals surface area contributed by atoms with E-state index in [9.17, 15) is 4.79 Å². The third-order valence-corrected chi connectivity index (χ3v) is 3.84. The molecule has 0 unspecified atom stereocenters. The Labute approximate surface area is 145 Å². The average Bonchev–Trinajstić information content (AvgIpc) is 2.39. The van der Waals surface area contributed by atoms with Crippen molar-refractivity contribution in [2.45, 2.75) is 39.2 Å². The summed E-state index contributed by atoms with van der Waals surface area (Å²) >= 11 is 0. The van der Waals surface area contributed by atoms with E-state index in [1.165, 1.54) is 18.5 Å². The summed E-state index contributed by atoms with van der Waals surface area (Å²) < 4.78 is 0. The van der Waals surface area contributed by atoms with Crippen LogP contribution in [0, 0.1) is 5.92 Å². The number of anilines is 2. The summed E-state index contributed by atoms with van der Waals surface area (Å²) in [5.41, 5.74) is 6.92. The Balaban J connectivity index is 0.00000220. The van der Waals surface area contributed by atoms with E-state index in [2.05, 4.69) is 23.2 Å². The molecular formula is C16H27Cl2N3O. The van der Waals surface area contributed by atoms with Crippen LogP contribution in [0.3, 0.4) is 0 Å². The van der Waals surface area contributed by atoms with E-state index in [0.29, 0.717) is 0 Å². The number of rotatable bonds is 3. The second-order valence-corrected chi connectivity index (χ2v) is 6.40. The van der Waals surface area contributed by atoms with Crippen molar-refractivity contribution in [2.24, 2.45) is 11.7 Å². The van der Waals surface area contributed by atoms with Crippen molar-refractivity contribution < 1.29 is 4.79 Å². The van der Waals surface area contributed by atoms with Gasteiger partial charge in [0.15, 0.2) is 0 Å². The molecule has 0 saturated carbocycles. The molecule has 1 heterocycles. The number of nitrogens with two attached hydrogens (primary N) is 1. The third kappa shape index (κ3) is 5.67. The highest BCUT2D eigenvalue weighted by molar-refractivity contribution is 5.97. The Morgan fingerprint density at radius 2 is 1.86 bits per heavy atom. The summed E-state index contributed by atoms with van der Waals surface area (Å²) in [4.78, 5) is 14.3. The molecule has 1 amide bonds. The SMILES string of the molecule is CC1CCN(c2cccc(NC(=O)C(C)(C)N)c2)CC1.Cl.Cl. The quantitative estimate of drug-likeness (QED) is 0.880. The molecule has 0 aliphatic carbocycles. The lowest BCUT2D eigenvalue weighted by Gasteiger charge is -2.32. The van der Waals surface area contributed by atoms with Crippen LogP contribution in [0.1, 0.15) is 33.6 Å². The Morgan fingerprint density at radius 1 is 1.27 bits per heavy atom. The maximum absolute atomic E-state index is 11.9. The molecule has 0 aromatic heterocycles. The number of halogens is 2. The second kappa shape index (κ2) is 8.61. The van der Waals surface area contributed by atoms with E-state index in [1.807, 2.05) is 18.2 Å². The predicted octanol–water partition coefficient (Wildman–Crippen LogP) is 3.44. The van der Waals surface area contributed by atoms with Gasteiger partial charge in [0, 0.05) is 24.5 Å². The first-order valence-electron chi connectivity index (χ1n) is 7.31. The first kappa shape index (κ1) is 21.0. The maximum Gasteiger partial charge on any atom is 0.243 e. The minimum atomic E-state index is -0.865. The van der Waals surface area contributed by atoms with Crippen LogP contribution in [0.25, 0.3) is 0 Å². The van der Waals surface area contributed by atoms with Gasteiger partial charge in [0.05, 0.1) is 5.54 Å². The molecule has 4 nitrogen and oxygen atoms in total. The molecule has 0 atom stereocenters. The third-order valence-electron chi connectivity index (χ3n) is 3.84. The van der Waals surface area contributed by atoms with Crippen LogP contribution >= 0.6 is 24.8 Å². The number of nitrogens with zero attached hydrogens (tertiary/aromatic N) is 1. The lowest BCUT2D eigenvalue weighted by Crippen LogP contribution is -2.45. The summed E-state index contributed by atoms with van der Waals surface area (Å²) in [5, 5.41) is 2.88. The number of carbonyl (C=O) groups is 1. The molecule has 3 N–H and O–H groups in total. The smallest absolute Gasteiger partial charge is 0.243 e. The summed E-state index contributed by atoms with van der Waals surface area (Å²) in [5.74, 6) is 0.647. The van der Waals surface area contributed by atoms with Crippen molar-refractivity contribution in [2.75, 3.05) is 23.3 Å². The molecule has 22 heavy (non-hydrogen) atoms. The van der Waals surface area contributed by atoms with Gasteiger partial charge in [0.25, 0.3) is 0 Å². The molecule has 6 heteroatoms. The molecule has 1 fully saturated rings. The van der Waals surface area contributed by atoms with Crippen molar-refractivity contribution >= 4 is 42.1 Å². The van der Waals surface area contributed by atoms with Crippen LogP contribution in [0.2, 0.25) is 0 Å². The number of hydrogen-bond donors (Lipinski definition) is 2. The minimum absolute atomic E-state index is 0. The molecule has 1 aliphatic heterocycles. The van der Waals surface area contributed by atoms with Gasteiger partial charge in [0.2, 0.25) is 5.91 Å². The molecule has 1 aliphatic rings. The molecule has 2 rings (SSSR count). The number of piperidine rings is 1. The van der Waals surface area contributed by atoms with Crippen LogP contribution in [0.15, 0.2) is 24.3 Å². The monoisotopic (exact) mass is 347 g/mol. The topological polar surface area (TPSA) is 58.4 Å². The highest BCUT2D eigenvalue weighted by atomic mass is 35.5. The van der Waals surface area contributed by atoms with Gasteiger partial charge in [-0.2, -0.15) is 0 Å². The molecule has 126 valence electrons. The van der Waals surface area contributed by atoms with E-state index in [4.69, 9.17) is 5.73 Å².